The molecular formula is C14H13FN2O3. The summed E-state index contributed by atoms with van der Waals surface area (Å²) in [5.74, 6) is -2.02. The Balaban J connectivity index is 2.38. The van der Waals surface area contributed by atoms with Gasteiger partial charge in [0.25, 0.3) is 0 Å². The van der Waals surface area contributed by atoms with Gasteiger partial charge >= 0.3 is 5.97 Å². The van der Waals surface area contributed by atoms with E-state index in [9.17, 15) is 14.3 Å². The molecule has 0 bridgehead atoms. The molecule has 0 saturated carbocycles. The summed E-state index contributed by atoms with van der Waals surface area (Å²) >= 11 is 0. The Hall–Kier alpha value is -2.34. The zero-order chi connectivity index (χ0) is 14.5. The minimum absolute atomic E-state index is 0.291. The fourth-order valence-corrected chi connectivity index (χ4v) is 1.89. The molecule has 0 aliphatic heterocycles. The number of aromatic nitrogens is 2. The summed E-state index contributed by atoms with van der Waals surface area (Å²) in [6.45, 7) is 0. The molecule has 0 saturated heterocycles. The first kappa shape index (κ1) is 14.1. The van der Waals surface area contributed by atoms with Crippen LogP contribution in [0.5, 0.6) is 0 Å². The monoisotopic (exact) mass is 276 g/mol. The number of benzene rings is 1. The number of ether oxygens (including phenoxy) is 1. The average Bonchev–Trinajstić information content (AvgIpc) is 2.50. The Labute approximate surface area is 115 Å². The Morgan fingerprint density at radius 3 is 2.55 bits per heavy atom. The van der Waals surface area contributed by atoms with Crippen LogP contribution >= 0.6 is 0 Å². The standard InChI is InChI=1S/C14H13FN2O3/c1-20-14(19)12(9-2-4-10(15)5-3-9)13(18)11-6-7-16-8-17-11/h2-8,12-13,18H,1H3. The summed E-state index contributed by atoms with van der Waals surface area (Å²) in [5, 5.41) is 10.3. The normalized spacial score (nSPS) is 13.6. The van der Waals surface area contributed by atoms with E-state index in [0.29, 0.717) is 11.3 Å². The molecule has 0 fully saturated rings. The van der Waals surface area contributed by atoms with E-state index in [0.717, 1.165) is 0 Å². The van der Waals surface area contributed by atoms with Gasteiger partial charge in [-0.25, -0.2) is 14.4 Å². The molecule has 6 heteroatoms. The number of halogens is 1. The molecule has 1 N–H and O–H groups in total. The van der Waals surface area contributed by atoms with Crippen molar-refractivity contribution >= 4 is 5.97 Å². The van der Waals surface area contributed by atoms with E-state index in [2.05, 4.69) is 9.97 Å². The fourth-order valence-electron chi connectivity index (χ4n) is 1.89. The van der Waals surface area contributed by atoms with Crippen LogP contribution in [0, 0.1) is 5.82 Å². The topological polar surface area (TPSA) is 72.3 Å². The van der Waals surface area contributed by atoms with Gasteiger partial charge in [-0.3, -0.25) is 4.79 Å². The second kappa shape index (κ2) is 6.21. The number of aliphatic hydroxyl groups is 1. The van der Waals surface area contributed by atoms with Gasteiger partial charge in [-0.15, -0.1) is 0 Å². The lowest BCUT2D eigenvalue weighted by atomic mass is 9.91. The Bertz CT molecular complexity index is 575. The lowest BCUT2D eigenvalue weighted by molar-refractivity contribution is -0.145. The molecule has 20 heavy (non-hydrogen) atoms. The first-order valence-corrected chi connectivity index (χ1v) is 5.90. The van der Waals surface area contributed by atoms with Gasteiger partial charge in [0.15, 0.2) is 0 Å². The van der Waals surface area contributed by atoms with Crippen molar-refractivity contribution in [2.45, 2.75) is 12.0 Å². The lowest BCUT2D eigenvalue weighted by Gasteiger charge is -2.20. The molecule has 2 atom stereocenters. The maximum Gasteiger partial charge on any atom is 0.316 e. The minimum atomic E-state index is -1.20. The van der Waals surface area contributed by atoms with Crippen LogP contribution in [0.25, 0.3) is 0 Å². The van der Waals surface area contributed by atoms with Crippen LogP contribution in [-0.4, -0.2) is 28.2 Å². The highest BCUT2D eigenvalue weighted by atomic mass is 19.1. The SMILES string of the molecule is COC(=O)C(c1ccc(F)cc1)C(O)c1ccncn1. The van der Waals surface area contributed by atoms with Gasteiger partial charge in [-0.1, -0.05) is 12.1 Å². The van der Waals surface area contributed by atoms with Crippen LogP contribution in [0.3, 0.4) is 0 Å². The summed E-state index contributed by atoms with van der Waals surface area (Å²) in [6, 6.07) is 6.81. The van der Waals surface area contributed by atoms with Gasteiger partial charge in [0, 0.05) is 6.20 Å². The first-order valence-electron chi connectivity index (χ1n) is 5.90. The number of hydrogen-bond acceptors (Lipinski definition) is 5. The Morgan fingerprint density at radius 1 is 1.30 bits per heavy atom. The zero-order valence-electron chi connectivity index (χ0n) is 10.7. The highest BCUT2D eigenvalue weighted by Gasteiger charge is 2.31. The number of methoxy groups -OCH3 is 1. The second-order valence-corrected chi connectivity index (χ2v) is 4.13. The Kier molecular flexibility index (Phi) is 4.37. The summed E-state index contributed by atoms with van der Waals surface area (Å²) < 4.78 is 17.7. The van der Waals surface area contributed by atoms with Crippen molar-refractivity contribution in [2.75, 3.05) is 7.11 Å². The number of aliphatic hydroxyl groups excluding tert-OH is 1. The van der Waals surface area contributed by atoms with Crippen molar-refractivity contribution in [1.82, 2.24) is 9.97 Å². The minimum Gasteiger partial charge on any atom is -0.468 e. The molecule has 0 aliphatic carbocycles. The number of esters is 1. The molecule has 1 aromatic carbocycles. The largest absolute Gasteiger partial charge is 0.468 e. The summed E-state index contributed by atoms with van der Waals surface area (Å²) in [4.78, 5) is 19.6. The molecule has 0 radical (unpaired) electrons. The third-order valence-corrected chi connectivity index (χ3v) is 2.91. The highest BCUT2D eigenvalue weighted by Crippen LogP contribution is 2.31. The average molecular weight is 276 g/mol. The summed E-state index contributed by atoms with van der Waals surface area (Å²) in [6.07, 6.45) is 1.54. The molecule has 2 rings (SSSR count). The molecule has 2 aromatic rings. The number of rotatable bonds is 4. The van der Waals surface area contributed by atoms with E-state index < -0.39 is 23.8 Å². The van der Waals surface area contributed by atoms with E-state index in [-0.39, 0.29) is 0 Å². The predicted octanol–water partition coefficient (Wildman–Crippen LogP) is 1.61. The van der Waals surface area contributed by atoms with E-state index in [1.807, 2.05) is 0 Å². The highest BCUT2D eigenvalue weighted by molar-refractivity contribution is 5.79. The lowest BCUT2D eigenvalue weighted by Crippen LogP contribution is -2.22. The van der Waals surface area contributed by atoms with Crippen molar-refractivity contribution in [3.05, 3.63) is 59.9 Å². The third-order valence-electron chi connectivity index (χ3n) is 2.91. The molecule has 5 nitrogen and oxygen atoms in total. The van der Waals surface area contributed by atoms with Crippen molar-refractivity contribution in [1.29, 1.82) is 0 Å². The van der Waals surface area contributed by atoms with E-state index in [4.69, 9.17) is 4.74 Å². The van der Waals surface area contributed by atoms with Crippen molar-refractivity contribution in [3.8, 4) is 0 Å². The second-order valence-electron chi connectivity index (χ2n) is 4.13. The molecular weight excluding hydrogens is 263 g/mol. The fraction of sp³-hybridized carbons (Fsp3) is 0.214. The maximum absolute atomic E-state index is 13.0. The van der Waals surface area contributed by atoms with Crippen LogP contribution in [0.2, 0.25) is 0 Å². The van der Waals surface area contributed by atoms with Gasteiger partial charge in [-0.2, -0.15) is 0 Å². The van der Waals surface area contributed by atoms with Gasteiger partial charge in [0.05, 0.1) is 12.8 Å². The third kappa shape index (κ3) is 2.97. The van der Waals surface area contributed by atoms with E-state index in [1.165, 1.54) is 50.0 Å². The molecule has 1 aromatic heterocycles. The van der Waals surface area contributed by atoms with Crippen molar-refractivity contribution in [2.24, 2.45) is 0 Å². The molecule has 2 unspecified atom stereocenters. The number of nitrogens with zero attached hydrogens (tertiary/aromatic N) is 2. The molecule has 0 aliphatic rings. The predicted molar refractivity (Wildman–Crippen MR) is 68.1 cm³/mol. The quantitative estimate of drug-likeness (QED) is 0.859. The van der Waals surface area contributed by atoms with E-state index >= 15 is 0 Å². The molecule has 0 spiro atoms. The van der Waals surface area contributed by atoms with Gasteiger partial charge in [0.1, 0.15) is 24.2 Å². The van der Waals surface area contributed by atoms with Gasteiger partial charge in [-0.05, 0) is 23.8 Å². The number of carbonyl (C=O) groups is 1. The maximum atomic E-state index is 13.0. The number of carbonyl (C=O) groups excluding carboxylic acids is 1. The van der Waals surface area contributed by atoms with Gasteiger partial charge < -0.3 is 9.84 Å². The van der Waals surface area contributed by atoms with Crippen LogP contribution in [0.15, 0.2) is 42.9 Å². The van der Waals surface area contributed by atoms with Crippen molar-refractivity contribution < 1.29 is 19.0 Å². The van der Waals surface area contributed by atoms with E-state index in [1.54, 1.807) is 0 Å². The van der Waals surface area contributed by atoms with Crippen molar-refractivity contribution in [3.63, 3.8) is 0 Å². The van der Waals surface area contributed by atoms with Crippen LogP contribution in [0.1, 0.15) is 23.3 Å². The summed E-state index contributed by atoms with van der Waals surface area (Å²) in [7, 11) is 1.23. The Morgan fingerprint density at radius 2 is 2.00 bits per heavy atom. The molecule has 104 valence electrons. The molecule has 1 heterocycles. The van der Waals surface area contributed by atoms with Crippen LogP contribution < -0.4 is 0 Å². The number of hydrogen-bond donors (Lipinski definition) is 1. The zero-order valence-corrected chi connectivity index (χ0v) is 10.7. The molecule has 0 amide bonds. The first-order chi connectivity index (χ1) is 9.63. The summed E-state index contributed by atoms with van der Waals surface area (Å²) in [5.41, 5.74) is 0.740. The smallest absolute Gasteiger partial charge is 0.316 e. The van der Waals surface area contributed by atoms with Crippen LogP contribution in [-0.2, 0) is 9.53 Å². The van der Waals surface area contributed by atoms with Gasteiger partial charge in [0.2, 0.25) is 0 Å². The van der Waals surface area contributed by atoms with Crippen LogP contribution in [0.4, 0.5) is 4.39 Å².